The molecule has 0 amide bonds. The fraction of sp³-hybridized carbons (Fsp3) is 0.571. The summed E-state index contributed by atoms with van der Waals surface area (Å²) in [4.78, 5) is 4.00. The van der Waals surface area contributed by atoms with Gasteiger partial charge in [0.1, 0.15) is 0 Å². The van der Waals surface area contributed by atoms with E-state index in [1.54, 1.807) is 0 Å². The van der Waals surface area contributed by atoms with Crippen LogP contribution in [-0.2, 0) is 0 Å². The van der Waals surface area contributed by atoms with Gasteiger partial charge in [-0.25, -0.2) is 0 Å². The van der Waals surface area contributed by atoms with Crippen LogP contribution in [0, 0.1) is 0 Å². The van der Waals surface area contributed by atoms with E-state index in [1.165, 1.54) is 30.3 Å². The zero-order chi connectivity index (χ0) is 12.1. The number of rotatable bonds is 4. The fourth-order valence-electron chi connectivity index (χ4n) is 2.28. The van der Waals surface area contributed by atoms with Crippen LogP contribution in [0.4, 0.5) is 0 Å². The first kappa shape index (κ1) is 13.3. The summed E-state index contributed by atoms with van der Waals surface area (Å²) in [5.74, 6) is 1.20. The van der Waals surface area contributed by atoms with Crippen LogP contribution in [0.5, 0.6) is 0 Å². The van der Waals surface area contributed by atoms with Gasteiger partial charge in [0.2, 0.25) is 0 Å². The number of nitrogens with zero attached hydrogens (tertiary/aromatic N) is 1. The highest BCUT2D eigenvalue weighted by Gasteiger charge is 2.21. The van der Waals surface area contributed by atoms with Crippen molar-refractivity contribution in [2.24, 2.45) is 0 Å². The maximum atomic E-state index is 2.61. The number of benzene rings is 1. The van der Waals surface area contributed by atoms with Crippen molar-refractivity contribution >= 4 is 23.5 Å². The molecule has 2 rings (SSSR count). The molecule has 0 radical (unpaired) electrons. The van der Waals surface area contributed by atoms with Crippen molar-refractivity contribution in [2.45, 2.75) is 29.2 Å². The van der Waals surface area contributed by atoms with E-state index in [4.69, 9.17) is 0 Å². The van der Waals surface area contributed by atoms with E-state index in [9.17, 15) is 0 Å². The molecule has 1 aliphatic rings. The zero-order valence-electron chi connectivity index (χ0n) is 10.6. The van der Waals surface area contributed by atoms with Crippen molar-refractivity contribution in [3.63, 3.8) is 0 Å². The average Bonchev–Trinajstić information content (AvgIpc) is 2.29. The number of thioether (sulfide) groups is 2. The summed E-state index contributed by atoms with van der Waals surface area (Å²) in [5, 5.41) is 1.58. The summed E-state index contributed by atoms with van der Waals surface area (Å²) >= 11 is 4.09. The smallest absolute Gasteiger partial charge is 0.0149 e. The first-order chi connectivity index (χ1) is 8.24. The van der Waals surface area contributed by atoms with Crippen molar-refractivity contribution < 1.29 is 0 Å². The molecule has 1 aliphatic heterocycles. The van der Waals surface area contributed by atoms with Gasteiger partial charge in [0.15, 0.2) is 0 Å². The quantitative estimate of drug-likeness (QED) is 0.767. The predicted molar refractivity (Wildman–Crippen MR) is 80.1 cm³/mol. The molecule has 0 spiro atoms. The van der Waals surface area contributed by atoms with Crippen LogP contribution in [0.15, 0.2) is 35.2 Å². The molecule has 94 valence electrons. The predicted octanol–water partition coefficient (Wildman–Crippen LogP) is 3.60. The molecule has 0 saturated carbocycles. The lowest BCUT2D eigenvalue weighted by Gasteiger charge is -2.34. The van der Waals surface area contributed by atoms with Crippen LogP contribution >= 0.6 is 23.5 Å². The standard InChI is InChI=1S/C14H21NS2/c1-12-10-15(11-13(2)17-12)8-9-16-14-6-4-3-5-7-14/h3-7,12-13H,8-11H2,1-2H3. The maximum Gasteiger partial charge on any atom is 0.0149 e. The van der Waals surface area contributed by atoms with Crippen LogP contribution in [-0.4, -0.2) is 40.8 Å². The van der Waals surface area contributed by atoms with Crippen LogP contribution in [0.1, 0.15) is 13.8 Å². The van der Waals surface area contributed by atoms with Crippen molar-refractivity contribution in [2.75, 3.05) is 25.4 Å². The number of hydrogen-bond acceptors (Lipinski definition) is 3. The van der Waals surface area contributed by atoms with Crippen molar-refractivity contribution in [1.82, 2.24) is 4.90 Å². The van der Waals surface area contributed by atoms with Gasteiger partial charge in [0.25, 0.3) is 0 Å². The SMILES string of the molecule is CC1CN(CCSc2ccccc2)CC(C)S1. The second-order valence-electron chi connectivity index (χ2n) is 4.68. The first-order valence-electron chi connectivity index (χ1n) is 6.29. The molecular formula is C14H21NS2. The lowest BCUT2D eigenvalue weighted by Crippen LogP contribution is -2.41. The lowest BCUT2D eigenvalue weighted by atomic mass is 10.3. The molecule has 1 aromatic carbocycles. The van der Waals surface area contributed by atoms with Crippen molar-refractivity contribution in [1.29, 1.82) is 0 Å². The highest BCUT2D eigenvalue weighted by molar-refractivity contribution is 8.00. The minimum atomic E-state index is 0.792. The Labute approximate surface area is 113 Å². The molecular weight excluding hydrogens is 246 g/mol. The zero-order valence-corrected chi connectivity index (χ0v) is 12.3. The topological polar surface area (TPSA) is 3.24 Å². The number of hydrogen-bond donors (Lipinski definition) is 0. The first-order valence-corrected chi connectivity index (χ1v) is 8.22. The minimum absolute atomic E-state index is 0.792. The monoisotopic (exact) mass is 267 g/mol. The van der Waals surface area contributed by atoms with E-state index in [2.05, 4.69) is 60.8 Å². The molecule has 1 heterocycles. The largest absolute Gasteiger partial charge is 0.300 e. The van der Waals surface area contributed by atoms with Crippen molar-refractivity contribution in [3.8, 4) is 0 Å². The van der Waals surface area contributed by atoms with E-state index in [1.807, 2.05) is 11.8 Å². The van der Waals surface area contributed by atoms with E-state index in [-0.39, 0.29) is 0 Å². The van der Waals surface area contributed by atoms with Crippen LogP contribution in [0.2, 0.25) is 0 Å². The molecule has 2 unspecified atom stereocenters. The van der Waals surface area contributed by atoms with Crippen LogP contribution in [0.25, 0.3) is 0 Å². The summed E-state index contributed by atoms with van der Waals surface area (Å²) in [6, 6.07) is 10.7. The average molecular weight is 267 g/mol. The van der Waals surface area contributed by atoms with E-state index in [0.29, 0.717) is 0 Å². The normalized spacial score (nSPS) is 26.0. The maximum absolute atomic E-state index is 2.61. The molecule has 1 fully saturated rings. The van der Waals surface area contributed by atoms with Crippen LogP contribution < -0.4 is 0 Å². The second kappa shape index (κ2) is 6.72. The molecule has 0 aliphatic carbocycles. The second-order valence-corrected chi connectivity index (χ2v) is 7.73. The third-order valence-corrected chi connectivity index (χ3v) is 5.13. The molecule has 17 heavy (non-hydrogen) atoms. The van der Waals surface area contributed by atoms with Gasteiger partial charge in [-0.05, 0) is 12.1 Å². The Morgan fingerprint density at radius 3 is 2.47 bits per heavy atom. The summed E-state index contributed by atoms with van der Waals surface area (Å²) < 4.78 is 0. The van der Waals surface area contributed by atoms with Gasteiger partial charge in [-0.1, -0.05) is 32.0 Å². The lowest BCUT2D eigenvalue weighted by molar-refractivity contribution is 0.288. The fourth-order valence-corrected chi connectivity index (χ4v) is 4.60. The molecule has 2 atom stereocenters. The van der Waals surface area contributed by atoms with Gasteiger partial charge in [0, 0.05) is 40.8 Å². The minimum Gasteiger partial charge on any atom is -0.300 e. The molecule has 1 aromatic rings. The Kier molecular flexibility index (Phi) is 5.26. The Bertz CT molecular complexity index is 318. The molecule has 1 saturated heterocycles. The summed E-state index contributed by atoms with van der Waals surface area (Å²) in [6.07, 6.45) is 0. The van der Waals surface area contributed by atoms with Crippen LogP contribution in [0.3, 0.4) is 0 Å². The third kappa shape index (κ3) is 4.57. The molecule has 0 aromatic heterocycles. The highest BCUT2D eigenvalue weighted by atomic mass is 32.2. The van der Waals surface area contributed by atoms with E-state index < -0.39 is 0 Å². The molecule has 3 heteroatoms. The Balaban J connectivity index is 1.71. The van der Waals surface area contributed by atoms with Gasteiger partial charge >= 0.3 is 0 Å². The molecule has 0 N–H and O–H groups in total. The van der Waals surface area contributed by atoms with Gasteiger partial charge in [-0.2, -0.15) is 11.8 Å². The van der Waals surface area contributed by atoms with Gasteiger partial charge in [-0.3, -0.25) is 0 Å². The highest BCUT2D eigenvalue weighted by Crippen LogP contribution is 2.25. The summed E-state index contributed by atoms with van der Waals surface area (Å²) in [5.41, 5.74) is 0. The Morgan fingerprint density at radius 1 is 1.18 bits per heavy atom. The van der Waals surface area contributed by atoms with E-state index >= 15 is 0 Å². The molecule has 1 nitrogen and oxygen atoms in total. The Morgan fingerprint density at radius 2 is 1.82 bits per heavy atom. The summed E-state index contributed by atoms with van der Waals surface area (Å²) in [6.45, 7) is 8.42. The summed E-state index contributed by atoms with van der Waals surface area (Å²) in [7, 11) is 0. The Hall–Kier alpha value is -0.120. The van der Waals surface area contributed by atoms with E-state index in [0.717, 1.165) is 10.5 Å². The van der Waals surface area contributed by atoms with Gasteiger partial charge in [-0.15, -0.1) is 11.8 Å². The van der Waals surface area contributed by atoms with Gasteiger partial charge in [0.05, 0.1) is 0 Å². The van der Waals surface area contributed by atoms with Crippen molar-refractivity contribution in [3.05, 3.63) is 30.3 Å². The molecule has 0 bridgehead atoms. The van der Waals surface area contributed by atoms with Gasteiger partial charge < -0.3 is 4.90 Å². The third-order valence-electron chi connectivity index (χ3n) is 2.91.